The van der Waals surface area contributed by atoms with Crippen LogP contribution in [0.15, 0.2) is 152 Å². The second kappa shape index (κ2) is 14.3. The molecule has 6 nitrogen and oxygen atoms in total. The van der Waals surface area contributed by atoms with E-state index >= 15 is 0 Å². The molecule has 4 N–H and O–H groups in total. The molecule has 47 heavy (non-hydrogen) atoms. The zero-order valence-corrected chi connectivity index (χ0v) is 26.3. The normalized spacial score (nSPS) is 27.4. The molecule has 0 aliphatic heterocycles. The van der Waals surface area contributed by atoms with Crippen molar-refractivity contribution < 1.29 is 29.9 Å². The van der Waals surface area contributed by atoms with Crippen molar-refractivity contribution in [1.29, 1.82) is 0 Å². The lowest BCUT2D eigenvalue weighted by Gasteiger charge is -2.64. The second-order valence-corrected chi connectivity index (χ2v) is 12.6. The Bertz CT molecular complexity index is 1670. The van der Waals surface area contributed by atoms with Crippen LogP contribution in [0.4, 0.5) is 0 Å². The van der Waals surface area contributed by atoms with Gasteiger partial charge < -0.3 is 29.9 Å². The highest BCUT2D eigenvalue weighted by molar-refractivity contribution is 5.36. The summed E-state index contributed by atoms with van der Waals surface area (Å²) in [6, 6.07) is 47.7. The molecule has 5 aromatic carbocycles. The predicted molar refractivity (Wildman–Crippen MR) is 181 cm³/mol. The Morgan fingerprint density at radius 3 is 1.23 bits per heavy atom. The Morgan fingerprint density at radius 2 is 0.787 bits per heavy atom. The molecular weight excluding hydrogens is 588 g/mol. The first kappa shape index (κ1) is 32.8. The summed E-state index contributed by atoms with van der Waals surface area (Å²) in [5, 5.41) is 49.5. The van der Waals surface area contributed by atoms with E-state index in [4.69, 9.17) is 9.47 Å². The average Bonchev–Trinajstić information content (AvgIpc) is 3.12. The number of hydrogen-bond acceptors (Lipinski definition) is 6. The van der Waals surface area contributed by atoms with E-state index in [0.29, 0.717) is 0 Å². The van der Waals surface area contributed by atoms with Crippen molar-refractivity contribution in [1.82, 2.24) is 0 Å². The highest BCUT2D eigenvalue weighted by atomic mass is 16.6. The van der Waals surface area contributed by atoms with Gasteiger partial charge in [0.05, 0.1) is 13.2 Å². The van der Waals surface area contributed by atoms with E-state index in [9.17, 15) is 20.4 Å². The minimum atomic E-state index is -2.15. The van der Waals surface area contributed by atoms with Gasteiger partial charge in [-0.15, -0.1) is 0 Å². The molecule has 6 heteroatoms. The van der Waals surface area contributed by atoms with E-state index in [1.165, 1.54) is 0 Å². The van der Waals surface area contributed by atoms with Crippen LogP contribution in [0, 0.1) is 0 Å². The van der Waals surface area contributed by atoms with Crippen molar-refractivity contribution in [3.63, 3.8) is 0 Å². The number of hydrogen-bond donors (Lipinski definition) is 4. The Morgan fingerprint density at radius 1 is 0.426 bits per heavy atom. The summed E-state index contributed by atoms with van der Waals surface area (Å²) >= 11 is 0. The average molecular weight is 631 g/mol. The van der Waals surface area contributed by atoms with Gasteiger partial charge >= 0.3 is 0 Å². The fourth-order valence-corrected chi connectivity index (χ4v) is 7.18. The lowest BCUT2D eigenvalue weighted by molar-refractivity contribution is -0.375. The third-order valence-electron chi connectivity index (χ3n) is 9.59. The first-order chi connectivity index (χ1) is 22.9. The molecule has 0 aromatic heterocycles. The molecule has 0 saturated heterocycles. The molecule has 1 fully saturated rings. The molecule has 6 atom stereocenters. The third kappa shape index (κ3) is 6.54. The predicted octanol–water partition coefficient (Wildman–Crippen LogP) is 5.45. The Balaban J connectivity index is 1.63. The van der Waals surface area contributed by atoms with Crippen LogP contribution >= 0.6 is 0 Å². The molecule has 0 radical (unpaired) electrons. The van der Waals surface area contributed by atoms with Gasteiger partial charge in [-0.2, -0.15) is 0 Å². The van der Waals surface area contributed by atoms with Gasteiger partial charge in [-0.05, 0) is 27.8 Å². The van der Waals surface area contributed by atoms with E-state index in [1.807, 2.05) is 152 Å². The standard InChI is InChI=1S/C41H42O6/c42-36-37(43)39(45,26-31-16-6-1-7-17-31)41(28-33-20-10-3-11-21-33,47-30-35-24-14-5-15-25-35)40(38(36)44,27-32-18-8-2-9-19-32)46-29-34-22-12-4-13-23-34/h1-25,36-38,42-45H,26-30H2. The molecule has 242 valence electrons. The van der Waals surface area contributed by atoms with Crippen molar-refractivity contribution in [3.05, 3.63) is 179 Å². The summed E-state index contributed by atoms with van der Waals surface area (Å²) < 4.78 is 14.1. The maximum absolute atomic E-state index is 13.3. The van der Waals surface area contributed by atoms with Crippen molar-refractivity contribution >= 4 is 0 Å². The van der Waals surface area contributed by atoms with E-state index in [1.54, 1.807) is 0 Å². The topological polar surface area (TPSA) is 99.4 Å². The molecular formula is C41H42O6. The summed E-state index contributed by atoms with van der Waals surface area (Å²) in [6.07, 6.45) is -5.14. The first-order valence-electron chi connectivity index (χ1n) is 16.1. The van der Waals surface area contributed by atoms with Gasteiger partial charge in [-0.3, -0.25) is 0 Å². The van der Waals surface area contributed by atoms with Gasteiger partial charge in [0.2, 0.25) is 0 Å². The number of ether oxygens (including phenoxy) is 2. The summed E-state index contributed by atoms with van der Waals surface area (Å²) in [6.45, 7) is 0.103. The van der Waals surface area contributed by atoms with Crippen LogP contribution in [0.1, 0.15) is 27.8 Å². The maximum Gasteiger partial charge on any atom is 0.136 e. The molecule has 0 amide bonds. The second-order valence-electron chi connectivity index (χ2n) is 12.6. The fraction of sp³-hybridized carbons (Fsp3) is 0.268. The van der Waals surface area contributed by atoms with Crippen LogP contribution in [0.3, 0.4) is 0 Å². The molecule has 0 heterocycles. The smallest absolute Gasteiger partial charge is 0.136 e. The minimum absolute atomic E-state index is 0.0472. The number of aliphatic hydroxyl groups is 4. The van der Waals surface area contributed by atoms with Crippen LogP contribution in [0.25, 0.3) is 0 Å². The lowest BCUT2D eigenvalue weighted by atomic mass is 9.54. The highest BCUT2D eigenvalue weighted by Gasteiger charge is 2.75. The van der Waals surface area contributed by atoms with Crippen LogP contribution in [-0.2, 0) is 41.9 Å². The van der Waals surface area contributed by atoms with E-state index < -0.39 is 35.1 Å². The summed E-state index contributed by atoms with van der Waals surface area (Å²) in [5.74, 6) is 0. The van der Waals surface area contributed by atoms with Crippen molar-refractivity contribution in [2.45, 2.75) is 67.6 Å². The van der Waals surface area contributed by atoms with Gasteiger partial charge in [0, 0.05) is 19.3 Å². The zero-order chi connectivity index (χ0) is 32.7. The van der Waals surface area contributed by atoms with Gasteiger partial charge in [0.1, 0.15) is 35.1 Å². The SMILES string of the molecule is OC1C(O)C(O)(Cc2ccccc2)C(Cc2ccccc2)(OCc2ccccc2)C(Cc2ccccc2)(OCc2ccccc2)C1O. The number of aliphatic hydroxyl groups excluding tert-OH is 3. The Kier molecular flexibility index (Phi) is 9.99. The summed E-state index contributed by atoms with van der Waals surface area (Å²) in [4.78, 5) is 0. The van der Waals surface area contributed by atoms with Crippen molar-refractivity contribution in [3.8, 4) is 0 Å². The van der Waals surface area contributed by atoms with E-state index in [2.05, 4.69) is 0 Å². The quantitative estimate of drug-likeness (QED) is 0.146. The van der Waals surface area contributed by atoms with Gasteiger partial charge in [0.25, 0.3) is 0 Å². The molecule has 5 aromatic rings. The summed E-state index contributed by atoms with van der Waals surface area (Å²) in [5.41, 5.74) is -1.69. The van der Waals surface area contributed by atoms with Crippen LogP contribution in [0.5, 0.6) is 0 Å². The number of rotatable bonds is 12. The fourth-order valence-electron chi connectivity index (χ4n) is 7.18. The van der Waals surface area contributed by atoms with Crippen LogP contribution in [-0.4, -0.2) is 55.5 Å². The zero-order valence-electron chi connectivity index (χ0n) is 26.3. The largest absolute Gasteiger partial charge is 0.387 e. The Labute approximate surface area is 276 Å². The van der Waals surface area contributed by atoms with Gasteiger partial charge in [-0.25, -0.2) is 0 Å². The Hall–Kier alpha value is -4.14. The van der Waals surface area contributed by atoms with E-state index in [-0.39, 0.29) is 32.5 Å². The van der Waals surface area contributed by atoms with E-state index in [0.717, 1.165) is 27.8 Å². The van der Waals surface area contributed by atoms with Crippen molar-refractivity contribution in [2.24, 2.45) is 0 Å². The molecule has 6 rings (SSSR count). The third-order valence-corrected chi connectivity index (χ3v) is 9.59. The lowest BCUT2D eigenvalue weighted by Crippen LogP contribution is -2.85. The maximum atomic E-state index is 13.3. The monoisotopic (exact) mass is 630 g/mol. The highest BCUT2D eigenvalue weighted by Crippen LogP contribution is 2.54. The summed E-state index contributed by atoms with van der Waals surface area (Å²) in [7, 11) is 0. The van der Waals surface area contributed by atoms with Crippen LogP contribution < -0.4 is 0 Å². The minimum Gasteiger partial charge on any atom is -0.387 e. The van der Waals surface area contributed by atoms with Crippen molar-refractivity contribution in [2.75, 3.05) is 0 Å². The number of benzene rings is 5. The van der Waals surface area contributed by atoms with Crippen LogP contribution in [0.2, 0.25) is 0 Å². The first-order valence-corrected chi connectivity index (χ1v) is 16.1. The molecule has 1 saturated carbocycles. The molecule has 6 unspecified atom stereocenters. The van der Waals surface area contributed by atoms with Gasteiger partial charge in [-0.1, -0.05) is 152 Å². The molecule has 0 spiro atoms. The molecule has 0 bridgehead atoms. The molecule has 1 aliphatic rings. The van der Waals surface area contributed by atoms with Gasteiger partial charge in [0.15, 0.2) is 0 Å². The molecule has 1 aliphatic carbocycles.